The zero-order valence-electron chi connectivity index (χ0n) is 20.9. The summed E-state index contributed by atoms with van der Waals surface area (Å²) in [6.45, 7) is 2.26. The first-order chi connectivity index (χ1) is 16.5. The molecule has 1 aromatic heterocycles. The molecule has 188 valence electrons. The molecule has 2 rings (SSSR count). The standard InChI is InChI=1S/C29H43NO4/c1-2-3-4-5-6-7-8-9-10-11-12-13-14-15-16-17-26(32)27-28(33)25(22-30-29(27)34)23-18-20-24(31)21-19-23/h18-22,31H,2-17H2,1H3,(H2,30,33,34). The van der Waals surface area contributed by atoms with Crippen LogP contribution >= 0.6 is 0 Å². The van der Waals surface area contributed by atoms with E-state index in [2.05, 4.69) is 11.9 Å². The predicted octanol–water partition coefficient (Wildman–Crippen LogP) is 7.90. The van der Waals surface area contributed by atoms with Gasteiger partial charge in [0, 0.05) is 18.2 Å². The molecular weight excluding hydrogens is 426 g/mol. The summed E-state index contributed by atoms with van der Waals surface area (Å²) in [5, 5.41) is 20.0. The first-order valence-electron chi connectivity index (χ1n) is 13.3. The second kappa shape index (κ2) is 16.1. The minimum Gasteiger partial charge on any atom is -0.508 e. The highest BCUT2D eigenvalue weighted by atomic mass is 16.3. The van der Waals surface area contributed by atoms with Crippen LogP contribution in [-0.2, 0) is 0 Å². The van der Waals surface area contributed by atoms with E-state index in [0.29, 0.717) is 11.1 Å². The molecule has 0 amide bonds. The number of aromatic hydroxyl groups is 2. The molecule has 0 saturated carbocycles. The quantitative estimate of drug-likeness (QED) is 0.153. The number of phenols is 1. The number of phenolic OH excluding ortho intramolecular Hbond substituents is 1. The summed E-state index contributed by atoms with van der Waals surface area (Å²) in [7, 11) is 0. The summed E-state index contributed by atoms with van der Waals surface area (Å²) in [6, 6.07) is 6.26. The third-order valence-electron chi connectivity index (χ3n) is 6.53. The van der Waals surface area contributed by atoms with Gasteiger partial charge in [0.2, 0.25) is 0 Å². The Morgan fingerprint density at radius 1 is 0.735 bits per heavy atom. The van der Waals surface area contributed by atoms with Crippen LogP contribution in [0.4, 0.5) is 0 Å². The first kappa shape index (κ1) is 27.7. The Bertz CT molecular complexity index is 901. The molecular formula is C29H43NO4. The van der Waals surface area contributed by atoms with E-state index in [1.54, 1.807) is 12.1 Å². The van der Waals surface area contributed by atoms with Crippen LogP contribution in [-0.4, -0.2) is 21.0 Å². The molecule has 0 fully saturated rings. The average molecular weight is 470 g/mol. The van der Waals surface area contributed by atoms with Crippen molar-refractivity contribution >= 4 is 5.78 Å². The number of carbonyl (C=O) groups excluding carboxylic acids is 1. The van der Waals surface area contributed by atoms with Crippen LogP contribution < -0.4 is 5.56 Å². The van der Waals surface area contributed by atoms with Gasteiger partial charge in [0.05, 0.1) is 0 Å². The Labute approximate surface area is 204 Å². The predicted molar refractivity (Wildman–Crippen MR) is 140 cm³/mol. The second-order valence-electron chi connectivity index (χ2n) is 9.42. The highest BCUT2D eigenvalue weighted by Gasteiger charge is 2.19. The van der Waals surface area contributed by atoms with Crippen molar-refractivity contribution in [2.75, 3.05) is 0 Å². The van der Waals surface area contributed by atoms with Gasteiger partial charge in [-0.2, -0.15) is 0 Å². The van der Waals surface area contributed by atoms with Crippen molar-refractivity contribution in [1.29, 1.82) is 0 Å². The molecule has 5 heteroatoms. The number of H-pyrrole nitrogens is 1. The molecule has 3 N–H and O–H groups in total. The second-order valence-corrected chi connectivity index (χ2v) is 9.42. The van der Waals surface area contributed by atoms with Gasteiger partial charge in [-0.15, -0.1) is 0 Å². The van der Waals surface area contributed by atoms with E-state index in [9.17, 15) is 19.8 Å². The fourth-order valence-electron chi connectivity index (χ4n) is 4.42. The molecule has 1 aromatic carbocycles. The topological polar surface area (TPSA) is 90.4 Å². The summed E-state index contributed by atoms with van der Waals surface area (Å²) in [6.07, 6.45) is 20.5. The third kappa shape index (κ3) is 9.74. The van der Waals surface area contributed by atoms with Crippen LogP contribution in [0.5, 0.6) is 11.5 Å². The number of Topliss-reactive ketones (excluding diaryl/α,β-unsaturated/α-hetero) is 1. The molecule has 0 radical (unpaired) electrons. The van der Waals surface area contributed by atoms with E-state index in [4.69, 9.17) is 0 Å². The number of hydrogen-bond acceptors (Lipinski definition) is 4. The lowest BCUT2D eigenvalue weighted by Gasteiger charge is -2.09. The Hall–Kier alpha value is -2.56. The van der Waals surface area contributed by atoms with Gasteiger partial charge in [0.25, 0.3) is 5.56 Å². The molecule has 0 unspecified atom stereocenters. The molecule has 0 aliphatic rings. The summed E-state index contributed by atoms with van der Waals surface area (Å²) in [5.74, 6) is -0.508. The Morgan fingerprint density at radius 2 is 1.21 bits per heavy atom. The molecule has 5 nitrogen and oxygen atoms in total. The van der Waals surface area contributed by atoms with Crippen molar-refractivity contribution in [2.24, 2.45) is 0 Å². The van der Waals surface area contributed by atoms with Crippen molar-refractivity contribution in [3.63, 3.8) is 0 Å². The number of pyridine rings is 1. The van der Waals surface area contributed by atoms with Crippen molar-refractivity contribution in [2.45, 2.75) is 110 Å². The summed E-state index contributed by atoms with van der Waals surface area (Å²) in [4.78, 5) is 27.4. The van der Waals surface area contributed by atoms with E-state index < -0.39 is 5.56 Å². The molecule has 0 atom stereocenters. The van der Waals surface area contributed by atoms with E-state index in [1.165, 1.54) is 95.4 Å². The Kier molecular flexibility index (Phi) is 13.1. The van der Waals surface area contributed by atoms with Crippen molar-refractivity contribution in [1.82, 2.24) is 4.98 Å². The molecule has 1 heterocycles. The van der Waals surface area contributed by atoms with E-state index in [1.807, 2.05) is 0 Å². The lowest BCUT2D eigenvalue weighted by molar-refractivity contribution is 0.0975. The average Bonchev–Trinajstić information content (AvgIpc) is 2.82. The van der Waals surface area contributed by atoms with Crippen molar-refractivity contribution in [3.05, 3.63) is 46.4 Å². The lowest BCUT2D eigenvalue weighted by atomic mass is 9.99. The zero-order chi connectivity index (χ0) is 24.6. The molecule has 0 bridgehead atoms. The smallest absolute Gasteiger partial charge is 0.262 e. The van der Waals surface area contributed by atoms with Gasteiger partial charge in [-0.05, 0) is 24.1 Å². The van der Waals surface area contributed by atoms with Crippen LogP contribution in [0, 0.1) is 0 Å². The normalized spacial score (nSPS) is 11.1. The molecule has 0 spiro atoms. The number of nitrogens with one attached hydrogen (secondary N) is 1. The Balaban J connectivity index is 1.61. The number of unbranched alkanes of at least 4 members (excludes halogenated alkanes) is 14. The third-order valence-corrected chi connectivity index (χ3v) is 6.53. The van der Waals surface area contributed by atoms with Gasteiger partial charge in [0.1, 0.15) is 17.1 Å². The number of benzene rings is 1. The maximum atomic E-state index is 12.6. The van der Waals surface area contributed by atoms with E-state index in [0.717, 1.165) is 19.3 Å². The van der Waals surface area contributed by atoms with E-state index >= 15 is 0 Å². The van der Waals surface area contributed by atoms with Gasteiger partial charge in [-0.3, -0.25) is 9.59 Å². The highest BCUT2D eigenvalue weighted by Crippen LogP contribution is 2.31. The summed E-state index contributed by atoms with van der Waals surface area (Å²) >= 11 is 0. The fraction of sp³-hybridized carbons (Fsp3) is 0.586. The van der Waals surface area contributed by atoms with Gasteiger partial charge in [0.15, 0.2) is 5.78 Å². The van der Waals surface area contributed by atoms with Crippen LogP contribution in [0.1, 0.15) is 120 Å². The van der Waals surface area contributed by atoms with Crippen LogP contribution in [0.25, 0.3) is 11.1 Å². The molecule has 34 heavy (non-hydrogen) atoms. The molecule has 0 saturated heterocycles. The van der Waals surface area contributed by atoms with Crippen LogP contribution in [0.2, 0.25) is 0 Å². The maximum absolute atomic E-state index is 12.6. The SMILES string of the molecule is CCCCCCCCCCCCCCCCCC(=O)c1c(O)c(-c2ccc(O)cc2)c[nH]c1=O. The number of ketones is 1. The lowest BCUT2D eigenvalue weighted by Crippen LogP contribution is -2.18. The van der Waals surface area contributed by atoms with Crippen molar-refractivity contribution < 1.29 is 15.0 Å². The molecule has 2 aromatic rings. The largest absolute Gasteiger partial charge is 0.508 e. The van der Waals surface area contributed by atoms with Crippen LogP contribution in [0.3, 0.4) is 0 Å². The fourth-order valence-corrected chi connectivity index (χ4v) is 4.42. The van der Waals surface area contributed by atoms with Gasteiger partial charge < -0.3 is 15.2 Å². The van der Waals surface area contributed by atoms with Gasteiger partial charge in [-0.1, -0.05) is 109 Å². The van der Waals surface area contributed by atoms with Crippen LogP contribution in [0.15, 0.2) is 35.3 Å². The minimum atomic E-state index is -0.564. The number of rotatable bonds is 18. The molecule has 0 aliphatic carbocycles. The van der Waals surface area contributed by atoms with Gasteiger partial charge >= 0.3 is 0 Å². The zero-order valence-corrected chi connectivity index (χ0v) is 20.9. The van der Waals surface area contributed by atoms with E-state index in [-0.39, 0.29) is 29.3 Å². The summed E-state index contributed by atoms with van der Waals surface area (Å²) in [5.41, 5.74) is 0.258. The number of aromatic nitrogens is 1. The number of aromatic amines is 1. The number of carbonyl (C=O) groups is 1. The summed E-state index contributed by atoms with van der Waals surface area (Å²) < 4.78 is 0. The van der Waals surface area contributed by atoms with Crippen molar-refractivity contribution in [3.8, 4) is 22.6 Å². The molecule has 0 aliphatic heterocycles. The monoisotopic (exact) mass is 469 g/mol. The first-order valence-corrected chi connectivity index (χ1v) is 13.3. The minimum absolute atomic E-state index is 0.108. The Morgan fingerprint density at radius 3 is 1.71 bits per heavy atom. The number of hydrogen-bond donors (Lipinski definition) is 3. The van der Waals surface area contributed by atoms with Gasteiger partial charge in [-0.25, -0.2) is 0 Å². The maximum Gasteiger partial charge on any atom is 0.262 e. The highest BCUT2D eigenvalue weighted by molar-refractivity contribution is 6.00.